The fraction of sp³-hybridized carbons (Fsp3) is 0.296. The summed E-state index contributed by atoms with van der Waals surface area (Å²) < 4.78 is 7.74. The lowest BCUT2D eigenvalue weighted by molar-refractivity contribution is 0.218. The Bertz CT molecular complexity index is 1320. The van der Waals surface area contributed by atoms with Gasteiger partial charge < -0.3 is 20.0 Å². The highest BCUT2D eigenvalue weighted by atomic mass is 16.5. The van der Waals surface area contributed by atoms with E-state index in [-0.39, 0.29) is 0 Å². The fourth-order valence-corrected chi connectivity index (χ4v) is 4.22. The Morgan fingerprint density at radius 1 is 1.06 bits per heavy atom. The maximum absolute atomic E-state index is 5.86. The summed E-state index contributed by atoms with van der Waals surface area (Å²) in [5.74, 6) is 1.10. The molecule has 0 unspecified atom stereocenters. The van der Waals surface area contributed by atoms with E-state index in [9.17, 15) is 0 Å². The zero-order chi connectivity index (χ0) is 24.7. The molecule has 1 aromatic carbocycles. The third kappa shape index (κ3) is 5.64. The van der Waals surface area contributed by atoms with E-state index in [0.29, 0.717) is 18.4 Å². The molecule has 1 aliphatic rings. The molecule has 0 aliphatic carbocycles. The van der Waals surface area contributed by atoms with Gasteiger partial charge in [0.15, 0.2) is 5.65 Å². The monoisotopic (exact) mass is 484 g/mol. The average Bonchev–Trinajstić information content (AvgIpc) is 3.54. The predicted octanol–water partition coefficient (Wildman–Crippen LogP) is 3.95. The van der Waals surface area contributed by atoms with Gasteiger partial charge in [0.05, 0.1) is 12.2 Å². The van der Waals surface area contributed by atoms with Crippen molar-refractivity contribution in [2.24, 2.45) is 0 Å². The Kier molecular flexibility index (Phi) is 7.39. The summed E-state index contributed by atoms with van der Waals surface area (Å²) in [7, 11) is 0. The molecule has 3 aromatic heterocycles. The van der Waals surface area contributed by atoms with E-state index in [4.69, 9.17) is 9.84 Å². The standard InChI is InChI=1S/C27H32N8O/c1-3-33(4-2)15-16-36-26-17-23(13-14-28-26)30-27-31-25-12-8-11-24(35(25)32-27)22-18-29-34(20-22)19-21-9-6-5-7-10-21/h5-14,17,20,29H,3-4,15-16,18-19H2,1-2H3,(H,28,30,32). The van der Waals surface area contributed by atoms with Crippen LogP contribution in [0.4, 0.5) is 11.6 Å². The minimum absolute atomic E-state index is 0.524. The maximum Gasteiger partial charge on any atom is 0.247 e. The van der Waals surface area contributed by atoms with Gasteiger partial charge in [-0.2, -0.15) is 4.98 Å². The highest BCUT2D eigenvalue weighted by Crippen LogP contribution is 2.23. The van der Waals surface area contributed by atoms with Gasteiger partial charge in [0.1, 0.15) is 6.61 Å². The number of hydrazine groups is 1. The first-order valence-electron chi connectivity index (χ1n) is 12.4. The summed E-state index contributed by atoms with van der Waals surface area (Å²) in [4.78, 5) is 11.3. The number of aromatic nitrogens is 4. The smallest absolute Gasteiger partial charge is 0.247 e. The van der Waals surface area contributed by atoms with Crippen LogP contribution in [0.25, 0.3) is 11.2 Å². The third-order valence-electron chi connectivity index (χ3n) is 6.21. The van der Waals surface area contributed by atoms with Crippen molar-refractivity contribution < 1.29 is 4.74 Å². The number of anilines is 2. The minimum Gasteiger partial charge on any atom is -0.476 e. The van der Waals surface area contributed by atoms with Crippen molar-refractivity contribution in [1.82, 2.24) is 34.9 Å². The summed E-state index contributed by atoms with van der Waals surface area (Å²) in [5, 5.41) is 10.1. The number of hydrogen-bond acceptors (Lipinski definition) is 8. The van der Waals surface area contributed by atoms with E-state index in [1.165, 1.54) is 5.56 Å². The Hall–Kier alpha value is -3.95. The predicted molar refractivity (Wildman–Crippen MR) is 142 cm³/mol. The van der Waals surface area contributed by atoms with Gasteiger partial charge in [0.25, 0.3) is 0 Å². The summed E-state index contributed by atoms with van der Waals surface area (Å²) in [6, 6.07) is 20.2. The molecule has 186 valence electrons. The van der Waals surface area contributed by atoms with Crippen LogP contribution in [0, 0.1) is 0 Å². The lowest BCUT2D eigenvalue weighted by Gasteiger charge is -2.17. The second-order valence-corrected chi connectivity index (χ2v) is 8.60. The lowest BCUT2D eigenvalue weighted by atomic mass is 10.2. The fourth-order valence-electron chi connectivity index (χ4n) is 4.22. The van der Waals surface area contributed by atoms with Crippen molar-refractivity contribution in [3.63, 3.8) is 0 Å². The van der Waals surface area contributed by atoms with Gasteiger partial charge in [0, 0.05) is 42.8 Å². The van der Waals surface area contributed by atoms with Gasteiger partial charge in [-0.3, -0.25) is 0 Å². The van der Waals surface area contributed by atoms with E-state index in [2.05, 4.69) is 81.0 Å². The number of pyridine rings is 2. The number of nitrogens with one attached hydrogen (secondary N) is 2. The number of ether oxygens (including phenoxy) is 1. The molecule has 0 atom stereocenters. The largest absolute Gasteiger partial charge is 0.476 e. The molecule has 36 heavy (non-hydrogen) atoms. The van der Waals surface area contributed by atoms with Gasteiger partial charge in [-0.25, -0.2) is 14.9 Å². The topological polar surface area (TPSA) is 82.9 Å². The maximum atomic E-state index is 5.86. The van der Waals surface area contributed by atoms with E-state index < -0.39 is 0 Å². The lowest BCUT2D eigenvalue weighted by Crippen LogP contribution is -2.28. The molecule has 9 heteroatoms. The van der Waals surface area contributed by atoms with E-state index in [0.717, 1.165) is 55.3 Å². The Morgan fingerprint density at radius 3 is 2.75 bits per heavy atom. The van der Waals surface area contributed by atoms with Crippen molar-refractivity contribution in [3.8, 4) is 5.88 Å². The van der Waals surface area contributed by atoms with E-state index in [1.807, 2.05) is 34.8 Å². The SMILES string of the molecule is CCN(CC)CCOc1cc(Nc2nc3cccc(C4=CN(Cc5ccccc5)NC4)n3n2)ccn1. The Morgan fingerprint density at radius 2 is 1.92 bits per heavy atom. The highest BCUT2D eigenvalue weighted by molar-refractivity contribution is 5.68. The molecule has 0 spiro atoms. The van der Waals surface area contributed by atoms with Crippen molar-refractivity contribution in [1.29, 1.82) is 0 Å². The Labute approximate surface area is 211 Å². The molecule has 4 aromatic rings. The van der Waals surface area contributed by atoms with Crippen LogP contribution < -0.4 is 15.5 Å². The van der Waals surface area contributed by atoms with Gasteiger partial charge in [-0.15, -0.1) is 5.10 Å². The summed E-state index contributed by atoms with van der Waals surface area (Å²) >= 11 is 0. The van der Waals surface area contributed by atoms with Crippen LogP contribution in [0.5, 0.6) is 5.88 Å². The molecule has 5 rings (SSSR count). The minimum atomic E-state index is 0.524. The summed E-state index contributed by atoms with van der Waals surface area (Å²) in [6.07, 6.45) is 3.87. The van der Waals surface area contributed by atoms with Crippen molar-refractivity contribution >= 4 is 22.9 Å². The molecule has 0 amide bonds. The quantitative estimate of drug-likeness (QED) is 0.331. The van der Waals surface area contributed by atoms with E-state index in [1.54, 1.807) is 6.20 Å². The first-order chi connectivity index (χ1) is 17.7. The van der Waals surface area contributed by atoms with Gasteiger partial charge in [-0.05, 0) is 36.9 Å². The van der Waals surface area contributed by atoms with Crippen molar-refractivity contribution in [3.05, 3.63) is 84.3 Å². The van der Waals surface area contributed by atoms with Gasteiger partial charge >= 0.3 is 0 Å². The van der Waals surface area contributed by atoms with Gasteiger partial charge in [-0.1, -0.05) is 50.2 Å². The number of hydrogen-bond donors (Lipinski definition) is 2. The molecular weight excluding hydrogens is 452 g/mol. The number of likely N-dealkylation sites (N-methyl/N-ethyl adjacent to an activating group) is 1. The van der Waals surface area contributed by atoms with Crippen molar-refractivity contribution in [2.45, 2.75) is 20.4 Å². The van der Waals surface area contributed by atoms with Gasteiger partial charge in [0.2, 0.25) is 11.8 Å². The number of fused-ring (bicyclic) bond motifs is 1. The molecule has 0 radical (unpaired) electrons. The number of rotatable bonds is 11. The molecule has 1 aliphatic heterocycles. The van der Waals surface area contributed by atoms with Crippen LogP contribution in [0.3, 0.4) is 0 Å². The van der Waals surface area contributed by atoms with Crippen LogP contribution in [0.2, 0.25) is 0 Å². The van der Waals surface area contributed by atoms with Crippen LogP contribution >= 0.6 is 0 Å². The zero-order valence-corrected chi connectivity index (χ0v) is 20.8. The van der Waals surface area contributed by atoms with Crippen LogP contribution in [-0.2, 0) is 6.54 Å². The Balaban J connectivity index is 1.28. The van der Waals surface area contributed by atoms with Crippen LogP contribution in [0.15, 0.2) is 73.1 Å². The molecule has 0 fully saturated rings. The molecule has 2 N–H and O–H groups in total. The highest BCUT2D eigenvalue weighted by Gasteiger charge is 2.17. The first-order valence-corrected chi connectivity index (χ1v) is 12.4. The number of nitrogens with zero attached hydrogens (tertiary/aromatic N) is 6. The second kappa shape index (κ2) is 11.2. The summed E-state index contributed by atoms with van der Waals surface area (Å²) in [5.41, 5.74) is 8.46. The van der Waals surface area contributed by atoms with Crippen LogP contribution in [0.1, 0.15) is 25.1 Å². The summed E-state index contributed by atoms with van der Waals surface area (Å²) in [6.45, 7) is 9.32. The molecule has 9 nitrogen and oxygen atoms in total. The molecule has 0 saturated carbocycles. The normalized spacial score (nSPS) is 13.4. The number of benzene rings is 1. The average molecular weight is 485 g/mol. The molecule has 4 heterocycles. The van der Waals surface area contributed by atoms with Crippen molar-refractivity contribution in [2.75, 3.05) is 38.1 Å². The molecular formula is C27H32N8O. The molecule has 0 saturated heterocycles. The second-order valence-electron chi connectivity index (χ2n) is 8.60. The molecule has 0 bridgehead atoms. The van der Waals surface area contributed by atoms with E-state index >= 15 is 0 Å². The van der Waals surface area contributed by atoms with Crippen LogP contribution in [-0.4, -0.2) is 62.3 Å². The zero-order valence-electron chi connectivity index (χ0n) is 20.8. The first kappa shape index (κ1) is 23.8. The third-order valence-corrected chi connectivity index (χ3v) is 6.21.